The lowest BCUT2D eigenvalue weighted by molar-refractivity contribution is 0.101. The summed E-state index contributed by atoms with van der Waals surface area (Å²) in [5.74, 6) is 1.40. The number of ketones is 1. The largest absolute Gasteiger partial charge is 0.497 e. The predicted molar refractivity (Wildman–Crippen MR) is 124 cm³/mol. The first-order valence-corrected chi connectivity index (χ1v) is 10.7. The molecule has 2 heterocycles. The Kier molecular flexibility index (Phi) is 5.34. The van der Waals surface area contributed by atoms with Crippen LogP contribution in [0, 0.1) is 5.82 Å². The predicted octanol–water partition coefficient (Wildman–Crippen LogP) is 6.00. The van der Waals surface area contributed by atoms with Crippen molar-refractivity contribution in [2.75, 3.05) is 7.11 Å². The number of nitrogens with zero attached hydrogens (tertiary/aromatic N) is 1. The summed E-state index contributed by atoms with van der Waals surface area (Å²) in [6, 6.07) is 17.4. The highest BCUT2D eigenvalue weighted by atomic mass is 19.1. The molecular weight excluding hydrogens is 421 g/mol. The van der Waals surface area contributed by atoms with E-state index in [0.717, 1.165) is 28.8 Å². The maximum absolute atomic E-state index is 13.8. The van der Waals surface area contributed by atoms with Crippen LogP contribution in [-0.4, -0.2) is 17.5 Å². The van der Waals surface area contributed by atoms with E-state index in [1.165, 1.54) is 6.07 Å². The maximum Gasteiger partial charge on any atom is 0.231 e. The second-order valence-electron chi connectivity index (χ2n) is 7.73. The molecule has 1 aliphatic heterocycles. The van der Waals surface area contributed by atoms with Gasteiger partial charge in [0.25, 0.3) is 0 Å². The summed E-state index contributed by atoms with van der Waals surface area (Å²) in [6.45, 7) is 2.95. The molecule has 0 amide bonds. The summed E-state index contributed by atoms with van der Waals surface area (Å²) in [5, 5.41) is 0.977. The van der Waals surface area contributed by atoms with Gasteiger partial charge < -0.3 is 18.8 Å². The Morgan fingerprint density at radius 3 is 2.67 bits per heavy atom. The number of aromatic nitrogens is 1. The Bertz CT molecular complexity index is 1400. The number of methoxy groups -OCH3 is 1. The number of carbonyl (C=O) groups is 1. The zero-order chi connectivity index (χ0) is 22.9. The molecule has 0 bridgehead atoms. The third kappa shape index (κ3) is 3.84. The lowest BCUT2D eigenvalue weighted by Crippen LogP contribution is -1.98. The van der Waals surface area contributed by atoms with Crippen molar-refractivity contribution in [3.63, 3.8) is 0 Å². The monoisotopic (exact) mass is 443 g/mol. The molecule has 0 radical (unpaired) electrons. The Balaban J connectivity index is 1.42. The van der Waals surface area contributed by atoms with Crippen LogP contribution in [0.1, 0.15) is 28.4 Å². The van der Waals surface area contributed by atoms with E-state index in [4.69, 9.17) is 14.2 Å². The van der Waals surface area contributed by atoms with Crippen molar-refractivity contribution in [3.8, 4) is 17.2 Å². The van der Waals surface area contributed by atoms with Gasteiger partial charge in [-0.15, -0.1) is 0 Å². The van der Waals surface area contributed by atoms with Gasteiger partial charge in [0, 0.05) is 40.8 Å². The van der Waals surface area contributed by atoms with E-state index in [1.54, 1.807) is 49.6 Å². The molecule has 1 aliphatic rings. The average molecular weight is 443 g/mol. The van der Waals surface area contributed by atoms with E-state index < -0.39 is 0 Å². The third-order valence-corrected chi connectivity index (χ3v) is 5.74. The highest BCUT2D eigenvalue weighted by Gasteiger charge is 2.28. The fourth-order valence-corrected chi connectivity index (χ4v) is 3.98. The Morgan fingerprint density at radius 1 is 1.06 bits per heavy atom. The number of halogens is 1. The average Bonchev–Trinajstić information content (AvgIpc) is 3.35. The van der Waals surface area contributed by atoms with Gasteiger partial charge in [-0.3, -0.25) is 4.79 Å². The lowest BCUT2D eigenvalue weighted by Gasteiger charge is -2.08. The number of hydrogen-bond donors (Lipinski definition) is 0. The molecule has 0 saturated carbocycles. The zero-order valence-corrected chi connectivity index (χ0v) is 18.3. The molecule has 1 aromatic heterocycles. The number of carbonyl (C=O) groups excluding carboxylic acids is 1. The summed E-state index contributed by atoms with van der Waals surface area (Å²) in [5.41, 5.74) is 2.85. The lowest BCUT2D eigenvalue weighted by atomic mass is 10.1. The van der Waals surface area contributed by atoms with Crippen molar-refractivity contribution in [2.45, 2.75) is 20.1 Å². The van der Waals surface area contributed by atoms with Gasteiger partial charge in [0.15, 0.2) is 5.76 Å². The second kappa shape index (κ2) is 8.47. The molecular formula is C27H22FNO4. The molecule has 166 valence electrons. The third-order valence-electron chi connectivity index (χ3n) is 5.74. The highest BCUT2D eigenvalue weighted by Crippen LogP contribution is 2.36. The van der Waals surface area contributed by atoms with E-state index in [-0.39, 0.29) is 24.0 Å². The summed E-state index contributed by atoms with van der Waals surface area (Å²) in [4.78, 5) is 13.0. The summed E-state index contributed by atoms with van der Waals surface area (Å²) in [7, 11) is 1.63. The standard InChI is InChI=1S/C27H22FNO4/c1-3-29-15-18(22-13-19(31-2)9-11-24(22)29)12-26-27(30)21-10-8-20(14-25(21)33-26)32-16-17-6-4-5-7-23(17)28/h4-15H,3,16H2,1-2H3. The normalized spacial score (nSPS) is 13.9. The number of ether oxygens (including phenoxy) is 3. The van der Waals surface area contributed by atoms with Gasteiger partial charge in [0.2, 0.25) is 5.78 Å². The van der Waals surface area contributed by atoms with Crippen LogP contribution in [0.4, 0.5) is 4.39 Å². The zero-order valence-electron chi connectivity index (χ0n) is 18.3. The van der Waals surface area contributed by atoms with Gasteiger partial charge in [0.05, 0.1) is 12.7 Å². The molecule has 0 spiro atoms. The fourth-order valence-electron chi connectivity index (χ4n) is 3.98. The number of Topliss-reactive ketones (excluding diaryl/α,β-unsaturated/α-hetero) is 1. The molecule has 33 heavy (non-hydrogen) atoms. The van der Waals surface area contributed by atoms with Crippen LogP contribution in [0.5, 0.6) is 17.2 Å². The van der Waals surface area contributed by atoms with Crippen molar-refractivity contribution < 1.29 is 23.4 Å². The summed E-state index contributed by atoms with van der Waals surface area (Å²) < 4.78 is 33.0. The van der Waals surface area contributed by atoms with Crippen LogP contribution >= 0.6 is 0 Å². The van der Waals surface area contributed by atoms with Gasteiger partial charge in [-0.05, 0) is 49.4 Å². The quantitative estimate of drug-likeness (QED) is 0.343. The molecule has 6 heteroatoms. The van der Waals surface area contributed by atoms with Crippen LogP contribution in [0.2, 0.25) is 0 Å². The van der Waals surface area contributed by atoms with Crippen LogP contribution in [0.3, 0.4) is 0 Å². The van der Waals surface area contributed by atoms with Crippen molar-refractivity contribution in [2.24, 2.45) is 0 Å². The summed E-state index contributed by atoms with van der Waals surface area (Å²) >= 11 is 0. The van der Waals surface area contributed by atoms with Crippen molar-refractivity contribution >= 4 is 22.8 Å². The van der Waals surface area contributed by atoms with Crippen LogP contribution in [0.15, 0.2) is 72.6 Å². The first-order chi connectivity index (χ1) is 16.1. The number of hydrogen-bond acceptors (Lipinski definition) is 4. The van der Waals surface area contributed by atoms with Gasteiger partial charge in [-0.2, -0.15) is 0 Å². The fraction of sp³-hybridized carbons (Fsp3) is 0.148. The van der Waals surface area contributed by atoms with E-state index >= 15 is 0 Å². The van der Waals surface area contributed by atoms with Crippen LogP contribution in [-0.2, 0) is 13.2 Å². The SMILES string of the molecule is CCn1cc(C=C2Oc3cc(OCc4ccccc4F)ccc3C2=O)c2cc(OC)ccc21. The van der Waals surface area contributed by atoms with Crippen molar-refractivity contribution in [3.05, 3.63) is 95.1 Å². The number of fused-ring (bicyclic) bond motifs is 2. The first-order valence-electron chi connectivity index (χ1n) is 10.7. The first kappa shape index (κ1) is 20.8. The molecule has 5 nitrogen and oxygen atoms in total. The van der Waals surface area contributed by atoms with Gasteiger partial charge in [0.1, 0.15) is 29.7 Å². The summed E-state index contributed by atoms with van der Waals surface area (Å²) in [6.07, 6.45) is 3.76. The Hall–Kier alpha value is -4.06. The highest BCUT2D eigenvalue weighted by molar-refractivity contribution is 6.15. The molecule has 0 fully saturated rings. The van der Waals surface area contributed by atoms with Gasteiger partial charge >= 0.3 is 0 Å². The molecule has 0 atom stereocenters. The molecule has 4 aromatic rings. The molecule has 0 N–H and O–H groups in total. The van der Waals surface area contributed by atoms with Crippen LogP contribution < -0.4 is 14.2 Å². The molecule has 0 saturated heterocycles. The Morgan fingerprint density at radius 2 is 1.88 bits per heavy atom. The smallest absolute Gasteiger partial charge is 0.231 e. The topological polar surface area (TPSA) is 49.7 Å². The Labute approximate surface area is 190 Å². The molecule has 0 unspecified atom stereocenters. The minimum atomic E-state index is -0.321. The van der Waals surface area contributed by atoms with E-state index in [0.29, 0.717) is 22.6 Å². The number of benzene rings is 3. The van der Waals surface area contributed by atoms with Crippen molar-refractivity contribution in [1.29, 1.82) is 0 Å². The number of aryl methyl sites for hydroxylation is 1. The van der Waals surface area contributed by atoms with E-state index in [1.807, 2.05) is 24.4 Å². The van der Waals surface area contributed by atoms with Crippen LogP contribution in [0.25, 0.3) is 17.0 Å². The minimum absolute atomic E-state index is 0.0838. The second-order valence-corrected chi connectivity index (χ2v) is 7.73. The number of allylic oxidation sites excluding steroid dienone is 1. The maximum atomic E-state index is 13.8. The van der Waals surface area contributed by atoms with E-state index in [9.17, 15) is 9.18 Å². The van der Waals surface area contributed by atoms with Crippen molar-refractivity contribution in [1.82, 2.24) is 4.57 Å². The molecule has 3 aromatic carbocycles. The molecule has 5 rings (SSSR count). The molecule has 0 aliphatic carbocycles. The van der Waals surface area contributed by atoms with Gasteiger partial charge in [-0.25, -0.2) is 4.39 Å². The van der Waals surface area contributed by atoms with E-state index in [2.05, 4.69) is 11.5 Å². The number of rotatable bonds is 6. The minimum Gasteiger partial charge on any atom is -0.497 e. The van der Waals surface area contributed by atoms with Gasteiger partial charge in [-0.1, -0.05) is 18.2 Å².